The van der Waals surface area contributed by atoms with E-state index in [9.17, 15) is 4.79 Å². The van der Waals surface area contributed by atoms with Crippen molar-refractivity contribution in [2.24, 2.45) is 7.05 Å². The molecule has 4 aromatic rings. The number of para-hydroxylation sites is 1. The van der Waals surface area contributed by atoms with Gasteiger partial charge in [0, 0.05) is 30.6 Å². The highest BCUT2D eigenvalue weighted by Gasteiger charge is 2.31. The van der Waals surface area contributed by atoms with Crippen molar-refractivity contribution in [1.82, 2.24) is 0 Å². The zero-order valence-corrected chi connectivity index (χ0v) is 20.5. The summed E-state index contributed by atoms with van der Waals surface area (Å²) >= 11 is 0. The smallest absolute Gasteiger partial charge is 0.330 e. The zero-order chi connectivity index (χ0) is 21.7. The van der Waals surface area contributed by atoms with Gasteiger partial charge in [0.15, 0.2) is 0 Å². The molecule has 32 heavy (non-hydrogen) atoms. The molecule has 0 spiro atoms. The Morgan fingerprint density at radius 1 is 1.00 bits per heavy atom. The van der Waals surface area contributed by atoms with E-state index >= 15 is 0 Å². The summed E-state index contributed by atoms with van der Waals surface area (Å²) in [5.41, 5.74) is 6.57. The summed E-state index contributed by atoms with van der Waals surface area (Å²) in [5.74, 6) is 0.452. The Kier molecular flexibility index (Phi) is 5.81. The third-order valence-electron chi connectivity index (χ3n) is 6.07. The molecule has 162 valence electrons. The first-order valence-corrected chi connectivity index (χ1v) is 10.1. The Balaban J connectivity index is 0.00000245. The molecule has 2 heterocycles. The van der Waals surface area contributed by atoms with Gasteiger partial charge in [0.2, 0.25) is 11.2 Å². The van der Waals surface area contributed by atoms with Crippen molar-refractivity contribution in [2.45, 2.75) is 0 Å². The third-order valence-corrected chi connectivity index (χ3v) is 6.07. The van der Waals surface area contributed by atoms with Crippen LogP contribution in [0.15, 0.2) is 60.7 Å². The van der Waals surface area contributed by atoms with Gasteiger partial charge in [-0.15, -0.1) is 0 Å². The van der Waals surface area contributed by atoms with Crippen LogP contribution >= 0.6 is 0 Å². The number of fused-ring (bicyclic) bond motifs is 4. The second-order valence-corrected chi connectivity index (χ2v) is 7.69. The summed E-state index contributed by atoms with van der Waals surface area (Å²) in [7, 11) is 7.26. The largest absolute Gasteiger partial charge is 1.00 e. The molecular weight excluding hydrogens is 515 g/mol. The first-order valence-electron chi connectivity index (χ1n) is 10.1. The second-order valence-electron chi connectivity index (χ2n) is 7.69. The number of ether oxygens (including phenoxy) is 2. The molecule has 0 N–H and O–H groups in total. The van der Waals surface area contributed by atoms with E-state index in [4.69, 9.17) is 9.47 Å². The topological polar surface area (TPSA) is 42.6 Å². The van der Waals surface area contributed by atoms with E-state index in [1.807, 2.05) is 6.07 Å². The predicted molar refractivity (Wildman–Crippen MR) is 124 cm³/mol. The molecule has 6 heteroatoms. The number of halogens is 1. The van der Waals surface area contributed by atoms with Crippen LogP contribution < -0.4 is 38.2 Å². The fourth-order valence-electron chi connectivity index (χ4n) is 4.53. The molecule has 0 fully saturated rings. The number of carbonyl (C=O) groups is 1. The number of rotatable bonds is 3. The number of methoxy groups -OCH3 is 2. The molecular formula is C26H23IN2O3. The SMILES string of the molecule is COC(=O)/C=C/c1ccc2c(c1)N(C)c1cc(OC)cc3c1c-2[n+](C)c1ccccc31.[I-]. The summed E-state index contributed by atoms with van der Waals surface area (Å²) in [5, 5.41) is 3.57. The van der Waals surface area contributed by atoms with Gasteiger partial charge in [-0.1, -0.05) is 18.2 Å². The molecule has 0 radical (unpaired) electrons. The first-order chi connectivity index (χ1) is 15.0. The van der Waals surface area contributed by atoms with E-state index in [2.05, 4.69) is 72.1 Å². The number of carbonyl (C=O) groups excluding carboxylic acids is 1. The highest BCUT2D eigenvalue weighted by molar-refractivity contribution is 6.17. The van der Waals surface area contributed by atoms with Crippen LogP contribution in [0.2, 0.25) is 0 Å². The summed E-state index contributed by atoms with van der Waals surface area (Å²) < 4.78 is 12.6. The van der Waals surface area contributed by atoms with Gasteiger partial charge < -0.3 is 38.4 Å². The quantitative estimate of drug-likeness (QED) is 0.131. The van der Waals surface area contributed by atoms with Crippen LogP contribution in [0.25, 0.3) is 39.0 Å². The maximum absolute atomic E-state index is 11.5. The van der Waals surface area contributed by atoms with Crippen molar-refractivity contribution in [3.8, 4) is 17.0 Å². The van der Waals surface area contributed by atoms with Crippen molar-refractivity contribution >= 4 is 45.1 Å². The lowest BCUT2D eigenvalue weighted by Gasteiger charge is -2.29. The number of anilines is 2. The average Bonchev–Trinajstić information content (AvgIpc) is 2.81. The van der Waals surface area contributed by atoms with E-state index in [0.717, 1.165) is 33.8 Å². The van der Waals surface area contributed by atoms with Gasteiger partial charge in [0.25, 0.3) is 0 Å². The Hall–Kier alpha value is -3.13. The molecule has 0 aliphatic carbocycles. The van der Waals surface area contributed by atoms with E-state index in [-0.39, 0.29) is 29.9 Å². The highest BCUT2D eigenvalue weighted by atomic mass is 127. The Bertz CT molecular complexity index is 1410. The fraction of sp³-hybridized carbons (Fsp3) is 0.154. The maximum atomic E-state index is 11.5. The number of hydrogen-bond donors (Lipinski definition) is 0. The van der Waals surface area contributed by atoms with Crippen molar-refractivity contribution in [3.05, 3.63) is 66.2 Å². The molecule has 0 amide bonds. The minimum atomic E-state index is -0.371. The predicted octanol–water partition coefficient (Wildman–Crippen LogP) is 1.76. The van der Waals surface area contributed by atoms with Gasteiger partial charge in [-0.25, -0.2) is 4.79 Å². The van der Waals surface area contributed by atoms with Crippen molar-refractivity contribution in [1.29, 1.82) is 0 Å². The lowest BCUT2D eigenvalue weighted by atomic mass is 9.92. The molecule has 1 aliphatic rings. The summed E-state index contributed by atoms with van der Waals surface area (Å²) in [6, 6.07) is 18.9. The van der Waals surface area contributed by atoms with E-state index in [1.54, 1.807) is 13.2 Å². The minimum absolute atomic E-state index is 0. The van der Waals surface area contributed by atoms with Gasteiger partial charge in [-0.2, -0.15) is 4.57 Å². The van der Waals surface area contributed by atoms with Gasteiger partial charge >= 0.3 is 5.97 Å². The molecule has 0 unspecified atom stereocenters. The monoisotopic (exact) mass is 538 g/mol. The van der Waals surface area contributed by atoms with Crippen LogP contribution in [-0.2, 0) is 16.6 Å². The van der Waals surface area contributed by atoms with Gasteiger partial charge in [0.05, 0.1) is 41.9 Å². The van der Waals surface area contributed by atoms with E-state index in [0.29, 0.717) is 0 Å². The normalized spacial score (nSPS) is 12.1. The van der Waals surface area contributed by atoms with Crippen LogP contribution in [0.1, 0.15) is 5.56 Å². The van der Waals surface area contributed by atoms with Gasteiger partial charge in [-0.3, -0.25) is 0 Å². The van der Waals surface area contributed by atoms with Crippen molar-refractivity contribution in [3.63, 3.8) is 0 Å². The van der Waals surface area contributed by atoms with Crippen LogP contribution in [0.5, 0.6) is 5.75 Å². The summed E-state index contributed by atoms with van der Waals surface area (Å²) in [6.45, 7) is 0. The zero-order valence-electron chi connectivity index (χ0n) is 18.3. The van der Waals surface area contributed by atoms with E-state index in [1.165, 1.54) is 35.0 Å². The summed E-state index contributed by atoms with van der Waals surface area (Å²) in [6.07, 6.45) is 3.22. The highest BCUT2D eigenvalue weighted by Crippen LogP contribution is 2.48. The Labute approximate surface area is 203 Å². The number of pyridine rings is 1. The molecule has 0 bridgehead atoms. The van der Waals surface area contributed by atoms with Crippen LogP contribution in [0.4, 0.5) is 11.4 Å². The van der Waals surface area contributed by atoms with E-state index < -0.39 is 0 Å². The molecule has 5 rings (SSSR count). The number of aromatic nitrogens is 1. The molecule has 5 nitrogen and oxygen atoms in total. The Morgan fingerprint density at radius 2 is 1.78 bits per heavy atom. The van der Waals surface area contributed by atoms with Gasteiger partial charge in [-0.05, 0) is 35.9 Å². The molecule has 3 aromatic carbocycles. The lowest BCUT2D eigenvalue weighted by Crippen LogP contribution is -3.00. The van der Waals surface area contributed by atoms with Crippen LogP contribution in [-0.4, -0.2) is 27.2 Å². The Morgan fingerprint density at radius 3 is 2.53 bits per heavy atom. The first kappa shape index (κ1) is 22.1. The molecule has 1 aliphatic heterocycles. The molecule has 1 aromatic heterocycles. The van der Waals surface area contributed by atoms with Crippen molar-refractivity contribution < 1.29 is 42.8 Å². The number of nitrogens with zero attached hydrogens (tertiary/aromatic N) is 2. The average molecular weight is 538 g/mol. The third kappa shape index (κ3) is 3.30. The second kappa shape index (κ2) is 8.43. The molecule has 0 saturated heterocycles. The van der Waals surface area contributed by atoms with Crippen molar-refractivity contribution in [2.75, 3.05) is 26.2 Å². The number of esters is 1. The number of aryl methyl sites for hydroxylation is 1. The minimum Gasteiger partial charge on any atom is -1.00 e. The maximum Gasteiger partial charge on any atom is 0.330 e. The summed E-state index contributed by atoms with van der Waals surface area (Å²) in [4.78, 5) is 13.7. The standard InChI is InChI=1S/C26H23N2O3.HI/c1-27-22-13-16(10-12-24(29)31-4)9-11-19(22)26-25-20(14-17(30-3)15-23(25)27)18-7-5-6-8-21(18)28(26)2;/h5-15H,1-4H3;1H/q+1;/p-1/b12-10+;. The lowest BCUT2D eigenvalue weighted by molar-refractivity contribution is -0.632. The number of benzene rings is 3. The molecule has 0 atom stereocenters. The van der Waals surface area contributed by atoms with Crippen LogP contribution in [0.3, 0.4) is 0 Å². The van der Waals surface area contributed by atoms with Gasteiger partial charge in [0.1, 0.15) is 12.8 Å². The number of hydrogen-bond acceptors (Lipinski definition) is 4. The molecule has 0 saturated carbocycles. The fourth-order valence-corrected chi connectivity index (χ4v) is 4.53. The van der Waals surface area contributed by atoms with Crippen LogP contribution in [0, 0.1) is 0 Å².